The van der Waals surface area contributed by atoms with Crippen molar-refractivity contribution in [3.05, 3.63) is 0 Å². The second-order valence-electron chi connectivity index (χ2n) is 8.38. The van der Waals surface area contributed by atoms with E-state index in [1.807, 2.05) is 41.5 Å². The van der Waals surface area contributed by atoms with Crippen LogP contribution in [0.25, 0.3) is 0 Å². The normalized spacial score (nSPS) is 10.6. The number of unbranched alkanes of at least 4 members (excludes halogenated alkanes) is 10. The fraction of sp³-hybridized carbons (Fsp3) is 1.00. The molecule has 0 aliphatic carbocycles. The molecule has 0 fully saturated rings. The van der Waals surface area contributed by atoms with E-state index in [1.165, 1.54) is 64.2 Å². The van der Waals surface area contributed by atoms with E-state index >= 15 is 0 Å². The van der Waals surface area contributed by atoms with E-state index < -0.39 is 19.1 Å². The van der Waals surface area contributed by atoms with Crippen LogP contribution < -0.4 is 0 Å². The molecule has 0 aromatic heterocycles. The Balaban J connectivity index is -0.000000499. The van der Waals surface area contributed by atoms with Gasteiger partial charge in [0.15, 0.2) is 0 Å². The molecule has 0 radical (unpaired) electrons. The zero-order valence-electron chi connectivity index (χ0n) is 26.1. The van der Waals surface area contributed by atoms with E-state index in [2.05, 4.69) is 13.8 Å². The van der Waals surface area contributed by atoms with Crippen molar-refractivity contribution in [3.8, 4) is 0 Å². The zero-order chi connectivity index (χ0) is 28.2. The van der Waals surface area contributed by atoms with Crippen LogP contribution in [0.1, 0.15) is 132 Å². The summed E-state index contributed by atoms with van der Waals surface area (Å²) in [5.41, 5.74) is 0. The van der Waals surface area contributed by atoms with Gasteiger partial charge in [0.2, 0.25) is 19.1 Å². The van der Waals surface area contributed by atoms with Gasteiger partial charge >= 0.3 is 121 Å². The van der Waals surface area contributed by atoms with Crippen molar-refractivity contribution in [3.63, 3.8) is 0 Å². The van der Waals surface area contributed by atoms with E-state index in [4.69, 9.17) is 26.6 Å². The van der Waals surface area contributed by atoms with Crippen LogP contribution >= 0.6 is 0 Å². The fourth-order valence-corrected chi connectivity index (χ4v) is 8.62. The Labute approximate surface area is 246 Å². The van der Waals surface area contributed by atoms with Gasteiger partial charge in [-0.1, -0.05) is 0 Å². The molecule has 224 valence electrons. The summed E-state index contributed by atoms with van der Waals surface area (Å²) in [5.74, 6) is 0. The Hall–Kier alpha value is 0.992. The van der Waals surface area contributed by atoms with Crippen LogP contribution in [0.15, 0.2) is 0 Å². The van der Waals surface area contributed by atoms with Crippen molar-refractivity contribution >= 4 is 40.2 Å². The Kier molecular flexibility index (Phi) is 47.6. The van der Waals surface area contributed by atoms with Crippen LogP contribution in [-0.2, 0) is 26.6 Å². The Morgan fingerprint density at radius 3 is 0.838 bits per heavy atom. The van der Waals surface area contributed by atoms with Crippen LogP contribution in [0, 0.1) is 0 Å². The fourth-order valence-electron chi connectivity index (χ4n) is 3.14. The predicted octanol–water partition coefficient (Wildman–Crippen LogP) is 8.41. The number of hydrogen-bond acceptors (Lipinski definition) is 6. The summed E-state index contributed by atoms with van der Waals surface area (Å²) in [6.45, 7) is 20.2. The first-order valence-electron chi connectivity index (χ1n) is 15.3. The van der Waals surface area contributed by atoms with Crippen molar-refractivity contribution in [1.82, 2.24) is 0 Å². The minimum Gasteiger partial charge on any atom is -0.542 e. The summed E-state index contributed by atoms with van der Waals surface area (Å²) in [4.78, 5) is 0. The van der Waals surface area contributed by atoms with Crippen LogP contribution in [-0.4, -0.2) is 79.8 Å². The second kappa shape index (κ2) is 41.5. The molecule has 0 atom stereocenters. The summed E-state index contributed by atoms with van der Waals surface area (Å²) >= 11 is 0.0736. The molecule has 9 heteroatoms. The number of hydrogen-bond donors (Lipinski definition) is 0. The minimum absolute atomic E-state index is 0.0736. The van der Waals surface area contributed by atoms with Gasteiger partial charge in [0.05, 0.1) is 0 Å². The van der Waals surface area contributed by atoms with E-state index in [0.29, 0.717) is 39.6 Å². The molecule has 0 amide bonds. The number of rotatable bonds is 26. The summed E-state index contributed by atoms with van der Waals surface area (Å²) in [6, 6.07) is 0. The van der Waals surface area contributed by atoms with E-state index in [0.717, 1.165) is 0 Å². The molecule has 0 spiro atoms. The monoisotopic (exact) mass is 672 g/mol. The van der Waals surface area contributed by atoms with Crippen LogP contribution in [0.3, 0.4) is 0 Å². The van der Waals surface area contributed by atoms with E-state index in [9.17, 15) is 0 Å². The second-order valence-corrected chi connectivity index (χ2v) is 15.4. The average molecular weight is 672 g/mol. The van der Waals surface area contributed by atoms with Gasteiger partial charge in [-0.05, 0) is 41.5 Å². The maximum atomic E-state index is 5.18. The van der Waals surface area contributed by atoms with Gasteiger partial charge < -0.3 is 26.6 Å². The molecule has 0 saturated heterocycles. The molecule has 37 heavy (non-hydrogen) atoms. The van der Waals surface area contributed by atoms with E-state index in [1.54, 1.807) is 21.7 Å². The van der Waals surface area contributed by atoms with Crippen LogP contribution in [0.4, 0.5) is 0 Å². The third-order valence-electron chi connectivity index (χ3n) is 4.99. The molecule has 0 aromatic carbocycles. The molecule has 0 N–H and O–H groups in total. The van der Waals surface area contributed by atoms with Crippen molar-refractivity contribution in [2.75, 3.05) is 39.6 Å². The van der Waals surface area contributed by atoms with Gasteiger partial charge in [-0.15, -0.1) is 0 Å². The smallest absolute Gasteiger partial charge is 0.215 e. The van der Waals surface area contributed by atoms with Gasteiger partial charge in [0.25, 0.3) is 0 Å². The van der Waals surface area contributed by atoms with E-state index in [-0.39, 0.29) is 21.1 Å². The molecule has 0 unspecified atom stereocenters. The molecule has 0 heterocycles. The molecular weight excluding hydrogens is 607 g/mol. The first-order valence-corrected chi connectivity index (χ1v) is 21.8. The summed E-state index contributed by atoms with van der Waals surface area (Å²) in [5, 5.41) is 0. The average Bonchev–Trinajstić information content (AvgIpc) is 2.89. The van der Waals surface area contributed by atoms with Crippen molar-refractivity contribution in [1.29, 1.82) is 0 Å². The van der Waals surface area contributed by atoms with Crippen molar-refractivity contribution in [2.24, 2.45) is 0 Å². The maximum absolute atomic E-state index is 5.18. The third-order valence-corrected chi connectivity index (χ3v) is 12.2. The first-order chi connectivity index (χ1) is 18.1. The molecule has 0 rings (SSSR count). The minimum atomic E-state index is -1.40. The van der Waals surface area contributed by atoms with Crippen molar-refractivity contribution < 1.29 is 26.6 Å². The topological polar surface area (TPSA) is 55.4 Å². The first kappa shape index (κ1) is 42.5. The van der Waals surface area contributed by atoms with Gasteiger partial charge in [-0.25, -0.2) is 0 Å². The van der Waals surface area contributed by atoms with Gasteiger partial charge in [0.1, 0.15) is 0 Å². The SMILES string of the molecule is CCCCCCC[CH2][Sn+2][CH2]CCCCCCC.CCO[Si-](OCC)OCC.CCO[Si-](OCC)OCC. The summed E-state index contributed by atoms with van der Waals surface area (Å²) in [6.07, 6.45) is 17.8. The zero-order valence-corrected chi connectivity index (χ0v) is 30.9. The molecule has 6 nitrogen and oxygen atoms in total. The Morgan fingerprint density at radius 1 is 0.351 bits per heavy atom. The molecular formula is C28H64O6Si2Sn. The molecule has 0 aliphatic rings. The third kappa shape index (κ3) is 41.6. The summed E-state index contributed by atoms with van der Waals surface area (Å²) in [7, 11) is -2.79. The van der Waals surface area contributed by atoms with Gasteiger partial charge in [-0.3, -0.25) is 0 Å². The van der Waals surface area contributed by atoms with Gasteiger partial charge in [-0.2, -0.15) is 0 Å². The molecule has 0 aliphatic heterocycles. The van der Waals surface area contributed by atoms with Crippen LogP contribution in [0.2, 0.25) is 8.87 Å². The molecule has 0 aromatic rings. The Morgan fingerprint density at radius 2 is 0.595 bits per heavy atom. The predicted molar refractivity (Wildman–Crippen MR) is 163 cm³/mol. The Bertz CT molecular complexity index is 313. The molecule has 0 bridgehead atoms. The van der Waals surface area contributed by atoms with Crippen molar-refractivity contribution in [2.45, 2.75) is 141 Å². The standard InChI is InChI=1S/2C8H17.2C6H15O3Si.Sn/c2*1-3-5-7-8-6-4-2;2*1-4-7-10(8-5-2)9-6-3;/h2*1,3-8H2,2H3;2*4-6H2,1-3H3;/q;;2*-1;+2. The van der Waals surface area contributed by atoms with Gasteiger partial charge in [0, 0.05) is 39.6 Å². The quantitative estimate of drug-likeness (QED) is 0.0680. The maximum Gasteiger partial charge on any atom is 0.215 e. The molecule has 0 saturated carbocycles. The summed E-state index contributed by atoms with van der Waals surface area (Å²) < 4.78 is 34.4. The largest absolute Gasteiger partial charge is 0.542 e. The van der Waals surface area contributed by atoms with Crippen LogP contribution in [0.5, 0.6) is 0 Å².